The van der Waals surface area contributed by atoms with Crippen LogP contribution in [-0.4, -0.2) is 49.7 Å². The van der Waals surface area contributed by atoms with Crippen molar-refractivity contribution in [3.63, 3.8) is 0 Å². The molecule has 1 rings (SSSR count). The molecule has 0 aromatic rings. The van der Waals surface area contributed by atoms with Gasteiger partial charge in [0.15, 0.2) is 0 Å². The molecule has 82 valence electrons. The van der Waals surface area contributed by atoms with Gasteiger partial charge < -0.3 is 10.5 Å². The molecule has 2 atom stereocenters. The van der Waals surface area contributed by atoms with E-state index in [2.05, 4.69) is 5.43 Å². The third-order valence-electron chi connectivity index (χ3n) is 2.47. The first-order valence-corrected chi connectivity index (χ1v) is 4.68. The molecule has 14 heavy (non-hydrogen) atoms. The first kappa shape index (κ1) is 11.4. The Hall–Kier alpha value is -0.690. The third kappa shape index (κ3) is 2.65. The van der Waals surface area contributed by atoms with Crippen molar-refractivity contribution < 1.29 is 9.53 Å². The molecule has 0 bridgehead atoms. The number of hydrogen-bond donors (Lipinski definition) is 3. The predicted octanol–water partition coefficient (Wildman–Crippen LogP) is -1.98. The molecular weight excluding hydrogens is 184 g/mol. The molecule has 0 saturated carbocycles. The Labute approximate surface area is 83.5 Å². The van der Waals surface area contributed by atoms with E-state index in [1.807, 2.05) is 4.90 Å². The normalized spacial score (nSPS) is 24.9. The summed E-state index contributed by atoms with van der Waals surface area (Å²) in [5.74, 6) is 4.87. The van der Waals surface area contributed by atoms with Crippen molar-refractivity contribution in [3.05, 3.63) is 0 Å². The van der Waals surface area contributed by atoms with Crippen molar-refractivity contribution >= 4 is 5.91 Å². The second-order valence-corrected chi connectivity index (χ2v) is 3.52. The number of rotatable bonds is 4. The lowest BCUT2D eigenvalue weighted by Crippen LogP contribution is -2.51. The summed E-state index contributed by atoms with van der Waals surface area (Å²) < 4.78 is 4.98. The van der Waals surface area contributed by atoms with Crippen LogP contribution in [0, 0.1) is 0 Å². The highest BCUT2D eigenvalue weighted by atomic mass is 16.5. The molecule has 0 radical (unpaired) electrons. The van der Waals surface area contributed by atoms with Crippen molar-refractivity contribution in [1.82, 2.24) is 10.3 Å². The SMILES string of the molecule is COCC(C(=O)NN)N1CCC(N)C1. The molecule has 1 saturated heterocycles. The van der Waals surface area contributed by atoms with Crippen LogP contribution in [-0.2, 0) is 9.53 Å². The fourth-order valence-corrected chi connectivity index (χ4v) is 1.70. The van der Waals surface area contributed by atoms with Crippen LogP contribution in [0.2, 0.25) is 0 Å². The number of carbonyl (C=O) groups is 1. The highest BCUT2D eigenvalue weighted by Gasteiger charge is 2.30. The van der Waals surface area contributed by atoms with E-state index in [1.54, 1.807) is 7.11 Å². The maximum atomic E-state index is 11.4. The summed E-state index contributed by atoms with van der Waals surface area (Å²) in [7, 11) is 1.56. The number of nitrogens with two attached hydrogens (primary N) is 2. The summed E-state index contributed by atoms with van der Waals surface area (Å²) in [4.78, 5) is 13.4. The van der Waals surface area contributed by atoms with E-state index in [9.17, 15) is 4.79 Å². The second kappa shape index (κ2) is 5.26. The molecule has 1 aliphatic rings. The van der Waals surface area contributed by atoms with Gasteiger partial charge in [0, 0.05) is 26.2 Å². The summed E-state index contributed by atoms with van der Waals surface area (Å²) in [5, 5.41) is 0. The molecule has 6 heteroatoms. The summed E-state index contributed by atoms with van der Waals surface area (Å²) in [6.45, 7) is 1.89. The first-order valence-electron chi connectivity index (χ1n) is 4.68. The molecular formula is C8H18N4O2. The van der Waals surface area contributed by atoms with Crippen molar-refractivity contribution in [2.24, 2.45) is 11.6 Å². The largest absolute Gasteiger partial charge is 0.383 e. The number of nitrogens with one attached hydrogen (secondary N) is 1. The fourth-order valence-electron chi connectivity index (χ4n) is 1.70. The van der Waals surface area contributed by atoms with E-state index in [0.29, 0.717) is 6.61 Å². The van der Waals surface area contributed by atoms with Gasteiger partial charge in [-0.2, -0.15) is 0 Å². The highest BCUT2D eigenvalue weighted by Crippen LogP contribution is 2.11. The number of nitrogens with zero attached hydrogens (tertiary/aromatic N) is 1. The molecule has 5 N–H and O–H groups in total. The van der Waals surface area contributed by atoms with E-state index < -0.39 is 0 Å². The molecule has 0 aromatic heterocycles. The van der Waals surface area contributed by atoms with Gasteiger partial charge in [-0.15, -0.1) is 0 Å². The zero-order chi connectivity index (χ0) is 10.6. The van der Waals surface area contributed by atoms with Crippen LogP contribution in [0.5, 0.6) is 0 Å². The lowest BCUT2D eigenvalue weighted by Gasteiger charge is -2.25. The molecule has 0 spiro atoms. The summed E-state index contributed by atoms with van der Waals surface area (Å²) in [5.41, 5.74) is 7.90. The van der Waals surface area contributed by atoms with Gasteiger partial charge in [0.05, 0.1) is 6.61 Å². The van der Waals surface area contributed by atoms with Crippen molar-refractivity contribution in [3.8, 4) is 0 Å². The Kier molecular flexibility index (Phi) is 4.27. The standard InChI is InChI=1S/C8H18N4O2/c1-14-5-7(8(13)11-10)12-3-2-6(9)4-12/h6-7H,2-5,9-10H2,1H3,(H,11,13). The summed E-state index contributed by atoms with van der Waals surface area (Å²) >= 11 is 0. The first-order chi connectivity index (χ1) is 6.69. The minimum Gasteiger partial charge on any atom is -0.383 e. The van der Waals surface area contributed by atoms with Crippen LogP contribution in [0.4, 0.5) is 0 Å². The van der Waals surface area contributed by atoms with Gasteiger partial charge in [-0.05, 0) is 6.42 Å². The van der Waals surface area contributed by atoms with Crippen LogP contribution in [0.1, 0.15) is 6.42 Å². The van der Waals surface area contributed by atoms with Crippen LogP contribution in [0.3, 0.4) is 0 Å². The second-order valence-electron chi connectivity index (χ2n) is 3.52. The van der Waals surface area contributed by atoms with Crippen molar-refractivity contribution in [2.75, 3.05) is 26.8 Å². The molecule has 1 amide bonds. The Morgan fingerprint density at radius 2 is 2.50 bits per heavy atom. The van der Waals surface area contributed by atoms with Gasteiger partial charge in [0.2, 0.25) is 0 Å². The van der Waals surface area contributed by atoms with E-state index in [4.69, 9.17) is 16.3 Å². The highest BCUT2D eigenvalue weighted by molar-refractivity contribution is 5.81. The maximum absolute atomic E-state index is 11.4. The van der Waals surface area contributed by atoms with Gasteiger partial charge in [-0.3, -0.25) is 15.1 Å². The monoisotopic (exact) mass is 202 g/mol. The van der Waals surface area contributed by atoms with E-state index in [-0.39, 0.29) is 18.0 Å². The number of hydrogen-bond acceptors (Lipinski definition) is 5. The molecule has 1 fully saturated rings. The molecule has 2 unspecified atom stereocenters. The Bertz CT molecular complexity index is 200. The maximum Gasteiger partial charge on any atom is 0.253 e. The number of ether oxygens (including phenoxy) is 1. The van der Waals surface area contributed by atoms with Crippen molar-refractivity contribution in [1.29, 1.82) is 0 Å². The Morgan fingerprint density at radius 3 is 2.93 bits per heavy atom. The van der Waals surface area contributed by atoms with Crippen LogP contribution in [0.25, 0.3) is 0 Å². The Balaban J connectivity index is 2.53. The van der Waals surface area contributed by atoms with Gasteiger partial charge in [-0.1, -0.05) is 0 Å². The average Bonchev–Trinajstić information content (AvgIpc) is 2.60. The van der Waals surface area contributed by atoms with Gasteiger partial charge in [-0.25, -0.2) is 5.84 Å². The number of amides is 1. The van der Waals surface area contributed by atoms with Gasteiger partial charge >= 0.3 is 0 Å². The topological polar surface area (TPSA) is 93.6 Å². The van der Waals surface area contributed by atoms with Crippen LogP contribution in [0.15, 0.2) is 0 Å². The lowest BCUT2D eigenvalue weighted by atomic mass is 10.2. The minimum absolute atomic E-state index is 0.153. The van der Waals surface area contributed by atoms with Crippen LogP contribution < -0.4 is 17.0 Å². The van der Waals surface area contributed by atoms with E-state index >= 15 is 0 Å². The van der Waals surface area contributed by atoms with E-state index in [0.717, 1.165) is 19.5 Å². The van der Waals surface area contributed by atoms with Gasteiger partial charge in [0.25, 0.3) is 5.91 Å². The quantitative estimate of drug-likeness (QED) is 0.279. The zero-order valence-electron chi connectivity index (χ0n) is 8.40. The lowest BCUT2D eigenvalue weighted by molar-refractivity contribution is -0.128. The smallest absolute Gasteiger partial charge is 0.253 e. The van der Waals surface area contributed by atoms with Crippen LogP contribution >= 0.6 is 0 Å². The summed E-state index contributed by atoms with van der Waals surface area (Å²) in [6.07, 6.45) is 0.915. The molecule has 0 aliphatic carbocycles. The summed E-state index contributed by atoms with van der Waals surface area (Å²) in [6, 6.07) is -0.168. The fraction of sp³-hybridized carbons (Fsp3) is 0.875. The zero-order valence-corrected chi connectivity index (χ0v) is 8.40. The molecule has 0 aromatic carbocycles. The Morgan fingerprint density at radius 1 is 1.79 bits per heavy atom. The average molecular weight is 202 g/mol. The number of carbonyl (C=O) groups excluding carboxylic acids is 1. The van der Waals surface area contributed by atoms with Crippen molar-refractivity contribution in [2.45, 2.75) is 18.5 Å². The molecule has 1 aliphatic heterocycles. The number of methoxy groups -OCH3 is 1. The minimum atomic E-state index is -0.321. The number of likely N-dealkylation sites (tertiary alicyclic amines) is 1. The molecule has 1 heterocycles. The molecule has 6 nitrogen and oxygen atoms in total. The predicted molar refractivity (Wildman–Crippen MR) is 52.2 cm³/mol. The third-order valence-corrected chi connectivity index (χ3v) is 2.47. The number of hydrazine groups is 1. The van der Waals surface area contributed by atoms with E-state index in [1.165, 1.54) is 0 Å². The van der Waals surface area contributed by atoms with Gasteiger partial charge in [0.1, 0.15) is 6.04 Å².